The molecular formula is C15H15N5O2. The molecule has 22 heavy (non-hydrogen) atoms. The fourth-order valence-corrected chi connectivity index (χ4v) is 2.83. The van der Waals surface area contributed by atoms with Crippen molar-refractivity contribution in [3.05, 3.63) is 23.7 Å². The molecule has 2 aliphatic rings. The van der Waals surface area contributed by atoms with Crippen molar-refractivity contribution in [2.24, 2.45) is 5.92 Å². The SMILES string of the molecule is N#Cc1c[nH]c(-c2nc(C3CC(=O)N(CC4CC4)C3)no2)c1. The summed E-state index contributed by atoms with van der Waals surface area (Å²) in [6, 6.07) is 3.71. The fraction of sp³-hybridized carbons (Fsp3) is 0.467. The number of amides is 1. The van der Waals surface area contributed by atoms with Gasteiger partial charge in [-0.3, -0.25) is 4.79 Å². The smallest absolute Gasteiger partial charge is 0.274 e. The summed E-state index contributed by atoms with van der Waals surface area (Å²) in [6.07, 6.45) is 4.50. The number of likely N-dealkylation sites (tertiary alicyclic amines) is 1. The number of hydrogen-bond donors (Lipinski definition) is 1. The third kappa shape index (κ3) is 2.37. The van der Waals surface area contributed by atoms with Crippen LogP contribution in [0.5, 0.6) is 0 Å². The zero-order valence-electron chi connectivity index (χ0n) is 12.0. The minimum absolute atomic E-state index is 0.00542. The lowest BCUT2D eigenvalue weighted by atomic mass is 10.1. The fourth-order valence-electron chi connectivity index (χ4n) is 2.83. The zero-order valence-corrected chi connectivity index (χ0v) is 12.0. The first-order chi connectivity index (χ1) is 10.7. The number of aromatic nitrogens is 3. The third-order valence-electron chi connectivity index (χ3n) is 4.24. The number of nitrogens with one attached hydrogen (secondary N) is 1. The van der Waals surface area contributed by atoms with Gasteiger partial charge in [0.2, 0.25) is 5.91 Å². The molecule has 0 radical (unpaired) electrons. The Bertz CT molecular complexity index is 752. The van der Waals surface area contributed by atoms with E-state index in [1.807, 2.05) is 11.0 Å². The zero-order chi connectivity index (χ0) is 15.1. The first kappa shape index (κ1) is 13.1. The second kappa shape index (κ2) is 4.98. The number of carbonyl (C=O) groups excluding carboxylic acids is 1. The van der Waals surface area contributed by atoms with E-state index in [0.717, 1.165) is 6.54 Å². The number of carbonyl (C=O) groups is 1. The number of rotatable bonds is 4. The first-order valence-electron chi connectivity index (χ1n) is 7.43. The summed E-state index contributed by atoms with van der Waals surface area (Å²) >= 11 is 0. The molecule has 4 rings (SSSR count). The van der Waals surface area contributed by atoms with E-state index in [0.29, 0.717) is 41.9 Å². The molecule has 7 nitrogen and oxygen atoms in total. The number of nitrogens with zero attached hydrogens (tertiary/aromatic N) is 4. The summed E-state index contributed by atoms with van der Waals surface area (Å²) in [5.74, 6) is 1.77. The molecule has 1 unspecified atom stereocenters. The van der Waals surface area contributed by atoms with Gasteiger partial charge in [0.05, 0.1) is 5.56 Å². The average Bonchev–Trinajstić information content (AvgIpc) is 2.95. The van der Waals surface area contributed by atoms with Crippen LogP contribution < -0.4 is 0 Å². The van der Waals surface area contributed by atoms with Gasteiger partial charge in [-0.25, -0.2) is 0 Å². The molecule has 112 valence electrons. The van der Waals surface area contributed by atoms with E-state index in [4.69, 9.17) is 9.78 Å². The first-order valence-corrected chi connectivity index (χ1v) is 7.43. The van der Waals surface area contributed by atoms with Gasteiger partial charge in [-0.1, -0.05) is 5.16 Å². The number of H-pyrrole nitrogens is 1. The van der Waals surface area contributed by atoms with Crippen molar-refractivity contribution in [3.8, 4) is 17.7 Å². The van der Waals surface area contributed by atoms with Crippen molar-refractivity contribution in [1.82, 2.24) is 20.0 Å². The molecule has 3 heterocycles. The maximum Gasteiger partial charge on any atom is 0.274 e. The minimum Gasteiger partial charge on any atom is -0.356 e. The van der Waals surface area contributed by atoms with E-state index in [1.165, 1.54) is 12.8 Å². The Labute approximate surface area is 126 Å². The Balaban J connectivity index is 1.49. The van der Waals surface area contributed by atoms with Gasteiger partial charge >= 0.3 is 0 Å². The monoisotopic (exact) mass is 297 g/mol. The highest BCUT2D eigenvalue weighted by atomic mass is 16.5. The third-order valence-corrected chi connectivity index (χ3v) is 4.24. The number of nitriles is 1. The van der Waals surface area contributed by atoms with Crippen LogP contribution in [-0.2, 0) is 4.79 Å². The van der Waals surface area contributed by atoms with Crippen LogP contribution in [0.15, 0.2) is 16.8 Å². The van der Waals surface area contributed by atoms with Crippen LogP contribution in [0.4, 0.5) is 0 Å². The van der Waals surface area contributed by atoms with Crippen molar-refractivity contribution in [3.63, 3.8) is 0 Å². The quantitative estimate of drug-likeness (QED) is 0.925. The lowest BCUT2D eigenvalue weighted by Crippen LogP contribution is -2.27. The van der Waals surface area contributed by atoms with E-state index in [2.05, 4.69) is 15.1 Å². The lowest BCUT2D eigenvalue weighted by molar-refractivity contribution is -0.127. The molecular weight excluding hydrogens is 282 g/mol. The summed E-state index contributed by atoms with van der Waals surface area (Å²) in [6.45, 7) is 1.53. The maximum atomic E-state index is 12.0. The highest BCUT2D eigenvalue weighted by Gasteiger charge is 2.36. The summed E-state index contributed by atoms with van der Waals surface area (Å²) in [5, 5.41) is 12.8. The van der Waals surface area contributed by atoms with Crippen LogP contribution in [0.3, 0.4) is 0 Å². The normalized spacial score (nSPS) is 21.3. The maximum absolute atomic E-state index is 12.0. The van der Waals surface area contributed by atoms with Gasteiger partial charge in [-0.2, -0.15) is 10.2 Å². The van der Waals surface area contributed by atoms with Crippen molar-refractivity contribution in [1.29, 1.82) is 5.26 Å². The van der Waals surface area contributed by atoms with Gasteiger partial charge < -0.3 is 14.4 Å². The Morgan fingerprint density at radius 3 is 3.09 bits per heavy atom. The van der Waals surface area contributed by atoms with Gasteiger partial charge in [0, 0.05) is 31.6 Å². The van der Waals surface area contributed by atoms with Crippen LogP contribution in [0.2, 0.25) is 0 Å². The summed E-state index contributed by atoms with van der Waals surface area (Å²) < 4.78 is 5.25. The number of aromatic amines is 1. The molecule has 2 aromatic rings. The van der Waals surface area contributed by atoms with Crippen molar-refractivity contribution >= 4 is 5.91 Å². The molecule has 0 spiro atoms. The standard InChI is InChI=1S/C15H15N5O2/c16-5-10-3-12(17-6-10)15-18-14(19-22-15)11-4-13(21)20(8-11)7-9-1-2-9/h3,6,9,11,17H,1-2,4,7-8H2. The largest absolute Gasteiger partial charge is 0.356 e. The molecule has 1 aliphatic carbocycles. The predicted molar refractivity (Wildman–Crippen MR) is 75.5 cm³/mol. The Kier molecular flexibility index (Phi) is 2.96. The average molecular weight is 297 g/mol. The van der Waals surface area contributed by atoms with Gasteiger partial charge in [0.25, 0.3) is 5.89 Å². The van der Waals surface area contributed by atoms with Crippen LogP contribution in [0.25, 0.3) is 11.6 Å². The highest BCUT2D eigenvalue weighted by molar-refractivity contribution is 5.79. The molecule has 0 bridgehead atoms. The molecule has 2 fully saturated rings. The van der Waals surface area contributed by atoms with Crippen LogP contribution >= 0.6 is 0 Å². The van der Waals surface area contributed by atoms with E-state index < -0.39 is 0 Å². The molecule has 7 heteroatoms. The molecule has 1 amide bonds. The molecule has 1 atom stereocenters. The second-order valence-electron chi connectivity index (χ2n) is 6.01. The van der Waals surface area contributed by atoms with Crippen molar-refractivity contribution < 1.29 is 9.32 Å². The molecule has 1 saturated heterocycles. The Morgan fingerprint density at radius 2 is 2.36 bits per heavy atom. The van der Waals surface area contributed by atoms with E-state index in [-0.39, 0.29) is 11.8 Å². The summed E-state index contributed by atoms with van der Waals surface area (Å²) in [5.41, 5.74) is 1.14. The summed E-state index contributed by atoms with van der Waals surface area (Å²) in [7, 11) is 0. The van der Waals surface area contributed by atoms with Gasteiger partial charge in [-0.15, -0.1) is 0 Å². The van der Waals surface area contributed by atoms with Crippen LogP contribution in [0.1, 0.15) is 36.6 Å². The molecule has 0 aromatic carbocycles. The van der Waals surface area contributed by atoms with Crippen molar-refractivity contribution in [2.75, 3.05) is 13.1 Å². The predicted octanol–water partition coefficient (Wildman–Crippen LogP) is 1.66. The summed E-state index contributed by atoms with van der Waals surface area (Å²) in [4.78, 5) is 21.3. The molecule has 1 aliphatic heterocycles. The van der Waals surface area contributed by atoms with Gasteiger partial charge in [0.1, 0.15) is 11.8 Å². The van der Waals surface area contributed by atoms with Gasteiger partial charge in [0.15, 0.2) is 5.82 Å². The van der Waals surface area contributed by atoms with Crippen LogP contribution in [-0.4, -0.2) is 39.0 Å². The number of hydrogen-bond acceptors (Lipinski definition) is 5. The van der Waals surface area contributed by atoms with E-state index in [9.17, 15) is 4.79 Å². The van der Waals surface area contributed by atoms with Gasteiger partial charge in [-0.05, 0) is 24.8 Å². The lowest BCUT2D eigenvalue weighted by Gasteiger charge is -2.14. The second-order valence-corrected chi connectivity index (χ2v) is 6.01. The van der Waals surface area contributed by atoms with Crippen LogP contribution in [0, 0.1) is 17.2 Å². The topological polar surface area (TPSA) is 98.8 Å². The van der Waals surface area contributed by atoms with Crippen molar-refractivity contribution in [2.45, 2.75) is 25.2 Å². The Hall–Kier alpha value is -2.62. The minimum atomic E-state index is -0.00542. The van der Waals surface area contributed by atoms with E-state index >= 15 is 0 Å². The Morgan fingerprint density at radius 1 is 1.50 bits per heavy atom. The molecule has 1 N–H and O–H groups in total. The molecule has 2 aromatic heterocycles. The van der Waals surface area contributed by atoms with E-state index in [1.54, 1.807) is 12.3 Å². The molecule has 1 saturated carbocycles. The highest BCUT2D eigenvalue weighted by Crippen LogP contribution is 2.34.